The lowest BCUT2D eigenvalue weighted by Crippen LogP contribution is -1.92. The SMILES string of the molecule is C=C(C)C(=O)O.CCc1cccs1. The van der Waals surface area contributed by atoms with Gasteiger partial charge in [0.05, 0.1) is 0 Å². The van der Waals surface area contributed by atoms with Gasteiger partial charge in [-0.1, -0.05) is 19.6 Å². The van der Waals surface area contributed by atoms with Crippen molar-refractivity contribution in [2.75, 3.05) is 0 Å². The molecule has 1 rings (SSSR count). The predicted molar refractivity (Wildman–Crippen MR) is 56.1 cm³/mol. The van der Waals surface area contributed by atoms with E-state index in [0.29, 0.717) is 0 Å². The standard InChI is InChI=1S/C6H8S.C4H6O2/c1-2-6-4-3-5-7-6;1-3(2)4(5)6/h3-5H,2H2,1H3;1H2,2H3,(H,5,6). The summed E-state index contributed by atoms with van der Waals surface area (Å²) in [6, 6.07) is 4.24. The summed E-state index contributed by atoms with van der Waals surface area (Å²) in [4.78, 5) is 11.1. The van der Waals surface area contributed by atoms with Crippen LogP contribution in [0.1, 0.15) is 18.7 Å². The Morgan fingerprint density at radius 1 is 1.69 bits per heavy atom. The highest BCUT2D eigenvalue weighted by molar-refractivity contribution is 7.09. The molecule has 0 atom stereocenters. The second-order valence-electron chi connectivity index (χ2n) is 2.52. The van der Waals surface area contributed by atoms with E-state index in [0.717, 1.165) is 0 Å². The molecule has 0 unspecified atom stereocenters. The van der Waals surface area contributed by atoms with Crippen LogP contribution in [0, 0.1) is 0 Å². The normalized spacial score (nSPS) is 8.46. The van der Waals surface area contributed by atoms with Crippen LogP contribution in [0.25, 0.3) is 0 Å². The largest absolute Gasteiger partial charge is 0.478 e. The van der Waals surface area contributed by atoms with Crippen molar-refractivity contribution in [1.82, 2.24) is 0 Å². The van der Waals surface area contributed by atoms with E-state index in [1.807, 2.05) is 11.3 Å². The van der Waals surface area contributed by atoms with Crippen molar-refractivity contribution in [3.05, 3.63) is 34.5 Å². The van der Waals surface area contributed by atoms with Crippen molar-refractivity contribution in [2.24, 2.45) is 0 Å². The summed E-state index contributed by atoms with van der Waals surface area (Å²) in [7, 11) is 0. The maximum absolute atomic E-state index is 9.60. The van der Waals surface area contributed by atoms with Crippen molar-refractivity contribution in [2.45, 2.75) is 20.3 Å². The van der Waals surface area contributed by atoms with E-state index < -0.39 is 5.97 Å². The first-order chi connectivity index (χ1) is 6.07. The van der Waals surface area contributed by atoms with Gasteiger partial charge >= 0.3 is 5.97 Å². The fourth-order valence-corrected chi connectivity index (χ4v) is 1.17. The molecule has 2 nitrogen and oxygen atoms in total. The van der Waals surface area contributed by atoms with Crippen LogP contribution in [0.4, 0.5) is 0 Å². The summed E-state index contributed by atoms with van der Waals surface area (Å²) < 4.78 is 0. The van der Waals surface area contributed by atoms with Gasteiger partial charge in [0.1, 0.15) is 0 Å². The van der Waals surface area contributed by atoms with Crippen LogP contribution in [0.5, 0.6) is 0 Å². The van der Waals surface area contributed by atoms with Crippen LogP contribution in [0.15, 0.2) is 29.7 Å². The Hall–Kier alpha value is -1.09. The van der Waals surface area contributed by atoms with E-state index in [2.05, 4.69) is 31.0 Å². The number of rotatable bonds is 2. The first-order valence-corrected chi connectivity index (χ1v) is 4.87. The highest BCUT2D eigenvalue weighted by Crippen LogP contribution is 2.07. The molecule has 0 bridgehead atoms. The molecule has 0 saturated carbocycles. The third-order valence-corrected chi connectivity index (χ3v) is 2.31. The predicted octanol–water partition coefficient (Wildman–Crippen LogP) is 2.96. The molecule has 0 aromatic carbocycles. The van der Waals surface area contributed by atoms with Gasteiger partial charge in [0.2, 0.25) is 0 Å². The van der Waals surface area contributed by atoms with E-state index in [1.165, 1.54) is 18.2 Å². The summed E-state index contributed by atoms with van der Waals surface area (Å²) in [5, 5.41) is 10.0. The maximum atomic E-state index is 9.60. The van der Waals surface area contributed by atoms with Crippen molar-refractivity contribution in [1.29, 1.82) is 0 Å². The van der Waals surface area contributed by atoms with Gasteiger partial charge in [-0.15, -0.1) is 11.3 Å². The van der Waals surface area contributed by atoms with Crippen molar-refractivity contribution < 1.29 is 9.90 Å². The second kappa shape index (κ2) is 6.43. The second-order valence-corrected chi connectivity index (χ2v) is 3.55. The zero-order valence-electron chi connectivity index (χ0n) is 7.91. The summed E-state index contributed by atoms with van der Waals surface area (Å²) in [5.74, 6) is -0.935. The Labute approximate surface area is 82.5 Å². The van der Waals surface area contributed by atoms with Gasteiger partial charge in [-0.05, 0) is 24.8 Å². The van der Waals surface area contributed by atoms with E-state index in [-0.39, 0.29) is 5.57 Å². The highest BCUT2D eigenvalue weighted by Gasteiger charge is 1.90. The molecule has 0 fully saturated rings. The van der Waals surface area contributed by atoms with Crippen LogP contribution < -0.4 is 0 Å². The van der Waals surface area contributed by atoms with Crippen LogP contribution in [-0.2, 0) is 11.2 Å². The minimum Gasteiger partial charge on any atom is -0.478 e. The quantitative estimate of drug-likeness (QED) is 0.742. The number of thiophene rings is 1. The summed E-state index contributed by atoms with van der Waals surface area (Å²) in [6.45, 7) is 6.77. The van der Waals surface area contributed by atoms with Gasteiger partial charge in [0.25, 0.3) is 0 Å². The molecular formula is C10H14O2S. The maximum Gasteiger partial charge on any atom is 0.330 e. The third kappa shape index (κ3) is 6.11. The van der Waals surface area contributed by atoms with Crippen molar-refractivity contribution in [3.63, 3.8) is 0 Å². The molecule has 0 radical (unpaired) electrons. The molecule has 72 valence electrons. The lowest BCUT2D eigenvalue weighted by molar-refractivity contribution is -0.132. The number of carboxylic acid groups (broad SMARTS) is 1. The summed E-state index contributed by atoms with van der Waals surface area (Å²) >= 11 is 1.82. The van der Waals surface area contributed by atoms with Gasteiger partial charge in [-0.2, -0.15) is 0 Å². The van der Waals surface area contributed by atoms with E-state index in [1.54, 1.807) is 0 Å². The Kier molecular flexibility index (Phi) is 5.89. The number of aliphatic carboxylic acids is 1. The fraction of sp³-hybridized carbons (Fsp3) is 0.300. The molecule has 0 spiro atoms. The first kappa shape index (κ1) is 11.9. The average molecular weight is 198 g/mol. The smallest absolute Gasteiger partial charge is 0.330 e. The van der Waals surface area contributed by atoms with Crippen LogP contribution in [0.2, 0.25) is 0 Å². The molecule has 1 N–H and O–H groups in total. The van der Waals surface area contributed by atoms with E-state index in [9.17, 15) is 4.79 Å². The first-order valence-electron chi connectivity index (χ1n) is 3.99. The molecule has 1 heterocycles. The Morgan fingerprint density at radius 2 is 2.23 bits per heavy atom. The highest BCUT2D eigenvalue weighted by atomic mass is 32.1. The number of hydrogen-bond donors (Lipinski definition) is 1. The van der Waals surface area contributed by atoms with E-state index in [4.69, 9.17) is 5.11 Å². The minimum atomic E-state index is -0.935. The monoisotopic (exact) mass is 198 g/mol. The molecule has 0 aliphatic rings. The number of carbonyl (C=O) groups is 1. The molecule has 0 aliphatic carbocycles. The Balaban J connectivity index is 0.000000226. The van der Waals surface area contributed by atoms with Crippen LogP contribution in [-0.4, -0.2) is 11.1 Å². The zero-order chi connectivity index (χ0) is 10.3. The molecule has 3 heteroatoms. The van der Waals surface area contributed by atoms with Gasteiger partial charge in [0, 0.05) is 10.5 Å². The molecule has 1 aromatic rings. The minimum absolute atomic E-state index is 0.176. The molecule has 0 aliphatic heterocycles. The van der Waals surface area contributed by atoms with Crippen molar-refractivity contribution >= 4 is 17.3 Å². The number of hydrogen-bond acceptors (Lipinski definition) is 2. The van der Waals surface area contributed by atoms with E-state index >= 15 is 0 Å². The average Bonchev–Trinajstić information content (AvgIpc) is 2.56. The topological polar surface area (TPSA) is 37.3 Å². The molecule has 13 heavy (non-hydrogen) atoms. The van der Waals surface area contributed by atoms with Gasteiger partial charge < -0.3 is 5.11 Å². The Bertz CT molecular complexity index is 250. The van der Waals surface area contributed by atoms with Gasteiger partial charge in [-0.25, -0.2) is 4.79 Å². The molecule has 0 amide bonds. The lowest BCUT2D eigenvalue weighted by atomic mass is 10.4. The van der Waals surface area contributed by atoms with Crippen LogP contribution in [0.3, 0.4) is 0 Å². The molecule has 1 aromatic heterocycles. The van der Waals surface area contributed by atoms with Crippen molar-refractivity contribution in [3.8, 4) is 0 Å². The molecule has 0 saturated heterocycles. The fourth-order valence-electron chi connectivity index (χ4n) is 0.514. The third-order valence-electron chi connectivity index (χ3n) is 1.29. The van der Waals surface area contributed by atoms with Gasteiger partial charge in [-0.3, -0.25) is 0 Å². The number of carboxylic acids is 1. The molecular weight excluding hydrogens is 184 g/mol. The Morgan fingerprint density at radius 3 is 2.38 bits per heavy atom. The lowest BCUT2D eigenvalue weighted by Gasteiger charge is -1.79. The number of aryl methyl sites for hydroxylation is 1. The zero-order valence-corrected chi connectivity index (χ0v) is 8.73. The summed E-state index contributed by atoms with van der Waals surface area (Å²) in [5.41, 5.74) is 0.176. The summed E-state index contributed by atoms with van der Waals surface area (Å²) in [6.07, 6.45) is 1.18. The van der Waals surface area contributed by atoms with Crippen LogP contribution >= 0.6 is 11.3 Å². The van der Waals surface area contributed by atoms with Gasteiger partial charge in [0.15, 0.2) is 0 Å².